The number of aliphatic carboxylic acids is 1. The van der Waals surface area contributed by atoms with Gasteiger partial charge >= 0.3 is 5.97 Å². The van der Waals surface area contributed by atoms with Crippen LogP contribution in [0.15, 0.2) is 28.7 Å². The fourth-order valence-corrected chi connectivity index (χ4v) is 2.05. The molecular weight excluding hydrogens is 282 g/mol. The van der Waals surface area contributed by atoms with Gasteiger partial charge in [-0.05, 0) is 32.4 Å². The normalized spacial score (nSPS) is 13.4. The van der Waals surface area contributed by atoms with E-state index in [1.807, 2.05) is 31.2 Å². The average Bonchev–Trinajstić information content (AvgIpc) is 2.26. The topological polar surface area (TPSA) is 49.3 Å². The summed E-state index contributed by atoms with van der Waals surface area (Å²) in [6.07, 6.45) is 0. The van der Waals surface area contributed by atoms with Gasteiger partial charge in [-0.25, -0.2) is 0 Å². The molecule has 0 bridgehead atoms. The summed E-state index contributed by atoms with van der Waals surface area (Å²) in [5.41, 5.74) is 0.379. The van der Waals surface area contributed by atoms with Crippen LogP contribution in [0, 0.1) is 5.41 Å². The predicted molar refractivity (Wildman–Crippen MR) is 72.0 cm³/mol. The van der Waals surface area contributed by atoms with Crippen molar-refractivity contribution in [3.05, 3.63) is 34.3 Å². The van der Waals surface area contributed by atoms with E-state index in [2.05, 4.69) is 21.2 Å². The van der Waals surface area contributed by atoms with Crippen LogP contribution in [0.1, 0.15) is 32.4 Å². The van der Waals surface area contributed by atoms with Crippen molar-refractivity contribution in [2.24, 2.45) is 5.41 Å². The van der Waals surface area contributed by atoms with Crippen molar-refractivity contribution in [3.63, 3.8) is 0 Å². The lowest BCUT2D eigenvalue weighted by Gasteiger charge is -2.23. The summed E-state index contributed by atoms with van der Waals surface area (Å²) in [5, 5.41) is 12.3. The van der Waals surface area contributed by atoms with E-state index in [4.69, 9.17) is 5.11 Å². The monoisotopic (exact) mass is 299 g/mol. The molecular formula is C13H18BrNO2. The first-order valence-electron chi connectivity index (χ1n) is 5.56. The van der Waals surface area contributed by atoms with Crippen LogP contribution < -0.4 is 5.32 Å². The number of hydrogen-bond donors (Lipinski definition) is 2. The largest absolute Gasteiger partial charge is 0.481 e. The van der Waals surface area contributed by atoms with Gasteiger partial charge < -0.3 is 10.4 Å². The van der Waals surface area contributed by atoms with Gasteiger partial charge in [0.05, 0.1) is 5.41 Å². The zero-order valence-corrected chi connectivity index (χ0v) is 11.9. The molecule has 0 spiro atoms. The van der Waals surface area contributed by atoms with Crippen LogP contribution in [0.5, 0.6) is 0 Å². The van der Waals surface area contributed by atoms with Crippen molar-refractivity contribution in [2.75, 3.05) is 6.54 Å². The molecule has 94 valence electrons. The minimum absolute atomic E-state index is 0.115. The van der Waals surface area contributed by atoms with E-state index < -0.39 is 11.4 Å². The van der Waals surface area contributed by atoms with E-state index in [1.54, 1.807) is 13.8 Å². The number of benzene rings is 1. The van der Waals surface area contributed by atoms with E-state index in [0.717, 1.165) is 10.0 Å². The Kier molecular flexibility index (Phi) is 4.71. The Labute approximate surface area is 110 Å². The molecule has 1 aromatic carbocycles. The lowest BCUT2D eigenvalue weighted by Crippen LogP contribution is -2.37. The lowest BCUT2D eigenvalue weighted by atomic mass is 9.93. The molecule has 1 aromatic rings. The smallest absolute Gasteiger partial charge is 0.310 e. The summed E-state index contributed by atoms with van der Waals surface area (Å²) >= 11 is 3.49. The number of carboxylic acids is 1. The van der Waals surface area contributed by atoms with Crippen molar-refractivity contribution in [1.82, 2.24) is 5.32 Å². The third kappa shape index (κ3) is 3.82. The molecule has 0 heterocycles. The van der Waals surface area contributed by atoms with E-state index in [0.29, 0.717) is 6.54 Å². The van der Waals surface area contributed by atoms with Gasteiger partial charge in [-0.2, -0.15) is 0 Å². The summed E-state index contributed by atoms with van der Waals surface area (Å²) in [6.45, 7) is 5.90. The number of halogens is 1. The summed E-state index contributed by atoms with van der Waals surface area (Å²) in [6, 6.07) is 8.05. The summed E-state index contributed by atoms with van der Waals surface area (Å²) in [7, 11) is 0. The highest BCUT2D eigenvalue weighted by atomic mass is 79.9. The quantitative estimate of drug-likeness (QED) is 0.878. The molecule has 0 fully saturated rings. The first-order valence-corrected chi connectivity index (χ1v) is 6.35. The van der Waals surface area contributed by atoms with Gasteiger partial charge in [-0.3, -0.25) is 4.79 Å². The van der Waals surface area contributed by atoms with Gasteiger partial charge in [0.2, 0.25) is 0 Å². The van der Waals surface area contributed by atoms with E-state index in [-0.39, 0.29) is 6.04 Å². The molecule has 0 amide bonds. The summed E-state index contributed by atoms with van der Waals surface area (Å²) in [5.74, 6) is -0.788. The summed E-state index contributed by atoms with van der Waals surface area (Å²) < 4.78 is 1.04. The van der Waals surface area contributed by atoms with Crippen LogP contribution in [0.3, 0.4) is 0 Å². The highest BCUT2D eigenvalue weighted by molar-refractivity contribution is 9.10. The van der Waals surface area contributed by atoms with Gasteiger partial charge in [0.15, 0.2) is 0 Å². The van der Waals surface area contributed by atoms with Crippen LogP contribution in [0.2, 0.25) is 0 Å². The molecule has 0 unspecified atom stereocenters. The van der Waals surface area contributed by atoms with Crippen molar-refractivity contribution in [1.29, 1.82) is 0 Å². The molecule has 1 rings (SSSR count). The predicted octanol–water partition coefficient (Wildman–Crippen LogP) is 3.21. The van der Waals surface area contributed by atoms with E-state index in [1.165, 1.54) is 0 Å². The maximum Gasteiger partial charge on any atom is 0.310 e. The highest BCUT2D eigenvalue weighted by Gasteiger charge is 2.27. The summed E-state index contributed by atoms with van der Waals surface area (Å²) in [4.78, 5) is 11.0. The van der Waals surface area contributed by atoms with Crippen molar-refractivity contribution < 1.29 is 9.90 Å². The molecule has 1 atom stereocenters. The number of carboxylic acid groups (broad SMARTS) is 1. The number of hydrogen-bond acceptors (Lipinski definition) is 2. The number of rotatable bonds is 5. The average molecular weight is 300 g/mol. The minimum Gasteiger partial charge on any atom is -0.481 e. The maximum absolute atomic E-state index is 11.0. The highest BCUT2D eigenvalue weighted by Crippen LogP contribution is 2.24. The molecule has 4 heteroatoms. The van der Waals surface area contributed by atoms with Crippen molar-refractivity contribution in [2.45, 2.75) is 26.8 Å². The number of carbonyl (C=O) groups is 1. The Bertz CT molecular complexity index is 404. The molecule has 0 aromatic heterocycles. The Balaban J connectivity index is 2.65. The van der Waals surface area contributed by atoms with Gasteiger partial charge in [-0.1, -0.05) is 34.1 Å². The molecule has 3 nitrogen and oxygen atoms in total. The fourth-order valence-electron chi connectivity index (χ4n) is 1.42. The first-order chi connectivity index (χ1) is 7.84. The third-order valence-electron chi connectivity index (χ3n) is 2.80. The molecule has 2 N–H and O–H groups in total. The molecule has 0 radical (unpaired) electrons. The molecule has 0 saturated heterocycles. The minimum atomic E-state index is -0.788. The van der Waals surface area contributed by atoms with Crippen LogP contribution >= 0.6 is 15.9 Å². The zero-order valence-electron chi connectivity index (χ0n) is 10.3. The zero-order chi connectivity index (χ0) is 13.1. The SMILES string of the molecule is C[C@@H](NCC(C)(C)C(=O)O)c1ccccc1Br. The molecule has 0 aliphatic rings. The van der Waals surface area contributed by atoms with Crippen LogP contribution in [-0.4, -0.2) is 17.6 Å². The van der Waals surface area contributed by atoms with E-state index >= 15 is 0 Å². The Morgan fingerprint density at radius 1 is 1.47 bits per heavy atom. The van der Waals surface area contributed by atoms with E-state index in [9.17, 15) is 4.79 Å². The first kappa shape index (κ1) is 14.2. The van der Waals surface area contributed by atoms with Gasteiger partial charge in [-0.15, -0.1) is 0 Å². The standard InChI is InChI=1S/C13H18BrNO2/c1-9(10-6-4-5-7-11(10)14)15-8-13(2,3)12(16)17/h4-7,9,15H,8H2,1-3H3,(H,16,17)/t9-/m1/s1. The Hall–Kier alpha value is -0.870. The molecule has 17 heavy (non-hydrogen) atoms. The Morgan fingerprint density at radius 3 is 2.59 bits per heavy atom. The molecule has 0 aliphatic heterocycles. The van der Waals surface area contributed by atoms with Crippen molar-refractivity contribution >= 4 is 21.9 Å². The lowest BCUT2D eigenvalue weighted by molar-refractivity contribution is -0.146. The second kappa shape index (κ2) is 5.65. The molecule has 0 saturated carbocycles. The third-order valence-corrected chi connectivity index (χ3v) is 3.52. The maximum atomic E-state index is 11.0. The fraction of sp³-hybridized carbons (Fsp3) is 0.462. The molecule has 0 aliphatic carbocycles. The van der Waals surface area contributed by atoms with Crippen LogP contribution in [-0.2, 0) is 4.79 Å². The second-order valence-electron chi connectivity index (χ2n) is 4.81. The second-order valence-corrected chi connectivity index (χ2v) is 5.67. The number of nitrogens with one attached hydrogen (secondary N) is 1. The van der Waals surface area contributed by atoms with Gasteiger partial charge in [0.25, 0.3) is 0 Å². The van der Waals surface area contributed by atoms with Crippen molar-refractivity contribution in [3.8, 4) is 0 Å². The van der Waals surface area contributed by atoms with Gasteiger partial charge in [0.1, 0.15) is 0 Å². The van der Waals surface area contributed by atoms with Crippen LogP contribution in [0.4, 0.5) is 0 Å². The van der Waals surface area contributed by atoms with Crippen LogP contribution in [0.25, 0.3) is 0 Å². The van der Waals surface area contributed by atoms with Gasteiger partial charge in [0, 0.05) is 17.1 Å². The Morgan fingerprint density at radius 2 is 2.06 bits per heavy atom.